The van der Waals surface area contributed by atoms with E-state index in [9.17, 15) is 0 Å². The van der Waals surface area contributed by atoms with E-state index in [2.05, 4.69) is 19.1 Å². The van der Waals surface area contributed by atoms with Crippen LogP contribution in [0.5, 0.6) is 5.75 Å². The number of rotatable bonds is 4. The van der Waals surface area contributed by atoms with Gasteiger partial charge in [0, 0.05) is 11.1 Å². The Morgan fingerprint density at radius 1 is 1.38 bits per heavy atom. The van der Waals surface area contributed by atoms with Crippen LogP contribution in [0, 0.1) is 0 Å². The number of methoxy groups -OCH3 is 1. The van der Waals surface area contributed by atoms with E-state index in [1.165, 1.54) is 5.56 Å². The van der Waals surface area contributed by atoms with Crippen molar-refractivity contribution in [2.24, 2.45) is 11.5 Å². The van der Waals surface area contributed by atoms with Gasteiger partial charge in [0.05, 0.1) is 13.2 Å². The maximum absolute atomic E-state index is 6.17. The Kier molecular flexibility index (Phi) is 3.94. The van der Waals surface area contributed by atoms with Crippen LogP contribution < -0.4 is 16.2 Å². The highest BCUT2D eigenvalue weighted by molar-refractivity contribution is 5.40. The Labute approximate surface area is 97.8 Å². The first kappa shape index (κ1) is 13.0. The van der Waals surface area contributed by atoms with Crippen molar-refractivity contribution in [3.8, 4) is 5.75 Å². The van der Waals surface area contributed by atoms with Crippen molar-refractivity contribution in [1.29, 1.82) is 0 Å². The molecule has 3 nitrogen and oxygen atoms in total. The van der Waals surface area contributed by atoms with Gasteiger partial charge in [-0.05, 0) is 31.9 Å². The average molecular weight is 222 g/mol. The molecule has 1 atom stereocenters. The molecule has 1 aromatic rings. The van der Waals surface area contributed by atoms with E-state index in [-0.39, 0.29) is 6.04 Å². The van der Waals surface area contributed by atoms with Crippen LogP contribution in [0.25, 0.3) is 0 Å². The fourth-order valence-electron chi connectivity index (χ4n) is 1.65. The van der Waals surface area contributed by atoms with E-state index in [0.29, 0.717) is 0 Å². The van der Waals surface area contributed by atoms with Gasteiger partial charge in [-0.25, -0.2) is 0 Å². The van der Waals surface area contributed by atoms with Crippen molar-refractivity contribution in [3.63, 3.8) is 0 Å². The Balaban J connectivity index is 3.18. The molecular formula is C13H22N2O. The molecule has 0 aliphatic heterocycles. The van der Waals surface area contributed by atoms with Crippen LogP contribution in [-0.4, -0.2) is 12.6 Å². The van der Waals surface area contributed by atoms with E-state index in [1.54, 1.807) is 7.11 Å². The second-order valence-electron chi connectivity index (χ2n) is 4.73. The van der Waals surface area contributed by atoms with Crippen LogP contribution in [0.2, 0.25) is 0 Å². The topological polar surface area (TPSA) is 61.3 Å². The molecule has 16 heavy (non-hydrogen) atoms. The average Bonchev–Trinajstić information content (AvgIpc) is 2.25. The number of hydrogen-bond donors (Lipinski definition) is 2. The van der Waals surface area contributed by atoms with Gasteiger partial charge in [-0.15, -0.1) is 0 Å². The van der Waals surface area contributed by atoms with Gasteiger partial charge in [-0.2, -0.15) is 0 Å². The van der Waals surface area contributed by atoms with E-state index in [1.807, 2.05) is 19.9 Å². The molecule has 90 valence electrons. The molecule has 0 amide bonds. The molecule has 0 saturated carbocycles. The SMILES string of the molecule is CCc1ccc(OC)c(C(N)C(C)(C)N)c1. The zero-order valence-corrected chi connectivity index (χ0v) is 10.6. The molecule has 1 unspecified atom stereocenters. The van der Waals surface area contributed by atoms with Crippen molar-refractivity contribution < 1.29 is 4.74 Å². The Bertz CT molecular complexity index is 355. The predicted octanol–water partition coefficient (Wildman–Crippen LogP) is 1.99. The lowest BCUT2D eigenvalue weighted by atomic mass is 9.89. The third-order valence-electron chi connectivity index (χ3n) is 2.84. The first-order valence-corrected chi connectivity index (χ1v) is 5.61. The van der Waals surface area contributed by atoms with Crippen molar-refractivity contribution in [2.45, 2.75) is 38.8 Å². The number of ether oxygens (including phenoxy) is 1. The van der Waals surface area contributed by atoms with Gasteiger partial charge in [0.1, 0.15) is 5.75 Å². The maximum atomic E-state index is 6.17. The third-order valence-corrected chi connectivity index (χ3v) is 2.84. The predicted molar refractivity (Wildman–Crippen MR) is 67.6 cm³/mol. The van der Waals surface area contributed by atoms with Gasteiger partial charge in [-0.1, -0.05) is 19.1 Å². The fourth-order valence-corrected chi connectivity index (χ4v) is 1.65. The molecule has 0 saturated heterocycles. The molecule has 0 fully saturated rings. The fraction of sp³-hybridized carbons (Fsp3) is 0.538. The normalized spacial score (nSPS) is 13.6. The zero-order valence-electron chi connectivity index (χ0n) is 10.6. The lowest BCUT2D eigenvalue weighted by Crippen LogP contribution is -2.43. The van der Waals surface area contributed by atoms with Crippen molar-refractivity contribution in [3.05, 3.63) is 29.3 Å². The van der Waals surface area contributed by atoms with Gasteiger partial charge >= 0.3 is 0 Å². The molecule has 1 rings (SSSR count). The second kappa shape index (κ2) is 4.85. The highest BCUT2D eigenvalue weighted by atomic mass is 16.5. The molecule has 0 bridgehead atoms. The van der Waals surface area contributed by atoms with Crippen LogP contribution in [0.1, 0.15) is 37.9 Å². The summed E-state index contributed by atoms with van der Waals surface area (Å²) < 4.78 is 5.33. The molecular weight excluding hydrogens is 200 g/mol. The Hall–Kier alpha value is -1.06. The maximum Gasteiger partial charge on any atom is 0.123 e. The van der Waals surface area contributed by atoms with Gasteiger partial charge in [-0.3, -0.25) is 0 Å². The van der Waals surface area contributed by atoms with Gasteiger partial charge in [0.15, 0.2) is 0 Å². The van der Waals surface area contributed by atoms with Crippen LogP contribution in [0.3, 0.4) is 0 Å². The molecule has 1 aromatic carbocycles. The smallest absolute Gasteiger partial charge is 0.123 e. The van der Waals surface area contributed by atoms with Crippen LogP contribution in [-0.2, 0) is 6.42 Å². The van der Waals surface area contributed by atoms with Crippen LogP contribution in [0.4, 0.5) is 0 Å². The molecule has 0 aliphatic rings. The van der Waals surface area contributed by atoms with Gasteiger partial charge in [0.2, 0.25) is 0 Å². The van der Waals surface area contributed by atoms with Crippen LogP contribution in [0.15, 0.2) is 18.2 Å². The Morgan fingerprint density at radius 3 is 2.44 bits per heavy atom. The zero-order chi connectivity index (χ0) is 12.3. The van der Waals surface area contributed by atoms with E-state index >= 15 is 0 Å². The summed E-state index contributed by atoms with van der Waals surface area (Å²) in [6.45, 7) is 5.97. The molecule has 0 heterocycles. The van der Waals surface area contributed by atoms with Crippen molar-refractivity contribution in [2.75, 3.05) is 7.11 Å². The van der Waals surface area contributed by atoms with E-state index in [0.717, 1.165) is 17.7 Å². The highest BCUT2D eigenvalue weighted by Gasteiger charge is 2.25. The Morgan fingerprint density at radius 2 is 2.00 bits per heavy atom. The van der Waals surface area contributed by atoms with Gasteiger partial charge in [0.25, 0.3) is 0 Å². The minimum absolute atomic E-state index is 0.228. The molecule has 4 N–H and O–H groups in total. The largest absolute Gasteiger partial charge is 0.496 e. The lowest BCUT2D eigenvalue weighted by Gasteiger charge is -2.28. The number of nitrogens with two attached hydrogens (primary N) is 2. The quantitative estimate of drug-likeness (QED) is 0.819. The summed E-state index contributed by atoms with van der Waals surface area (Å²) in [6.07, 6.45) is 0.981. The molecule has 0 aliphatic carbocycles. The summed E-state index contributed by atoms with van der Waals surface area (Å²) in [7, 11) is 1.65. The minimum atomic E-state index is -0.459. The highest BCUT2D eigenvalue weighted by Crippen LogP contribution is 2.30. The van der Waals surface area contributed by atoms with Crippen LogP contribution >= 0.6 is 0 Å². The van der Waals surface area contributed by atoms with Crippen molar-refractivity contribution >= 4 is 0 Å². The molecule has 3 heteroatoms. The summed E-state index contributed by atoms with van der Waals surface area (Å²) in [5.74, 6) is 0.809. The molecule has 0 spiro atoms. The van der Waals surface area contributed by atoms with Crippen molar-refractivity contribution in [1.82, 2.24) is 0 Å². The van der Waals surface area contributed by atoms with E-state index in [4.69, 9.17) is 16.2 Å². The van der Waals surface area contributed by atoms with Gasteiger partial charge < -0.3 is 16.2 Å². The third kappa shape index (κ3) is 2.74. The number of aryl methyl sites for hydroxylation is 1. The number of hydrogen-bond acceptors (Lipinski definition) is 3. The summed E-state index contributed by atoms with van der Waals surface area (Å²) in [5, 5.41) is 0. The standard InChI is InChI=1S/C13H22N2O/c1-5-9-6-7-11(16-4)10(8-9)12(14)13(2,3)15/h6-8,12H,5,14-15H2,1-4H3. The van der Waals surface area contributed by atoms with E-state index < -0.39 is 5.54 Å². The first-order valence-electron chi connectivity index (χ1n) is 5.61. The summed E-state index contributed by atoms with van der Waals surface area (Å²) >= 11 is 0. The second-order valence-corrected chi connectivity index (χ2v) is 4.73. The molecule has 0 aromatic heterocycles. The molecule has 0 radical (unpaired) electrons. The summed E-state index contributed by atoms with van der Waals surface area (Å²) in [5.41, 5.74) is 14.0. The summed E-state index contributed by atoms with van der Waals surface area (Å²) in [6, 6.07) is 5.87. The number of benzene rings is 1. The monoisotopic (exact) mass is 222 g/mol. The lowest BCUT2D eigenvalue weighted by molar-refractivity contribution is 0.376. The minimum Gasteiger partial charge on any atom is -0.496 e. The summed E-state index contributed by atoms with van der Waals surface area (Å²) in [4.78, 5) is 0. The first-order chi connectivity index (χ1) is 7.40.